The van der Waals surface area contributed by atoms with Gasteiger partial charge in [0.15, 0.2) is 5.96 Å². The Kier molecular flexibility index (Phi) is 13.0. The number of ether oxygens (including phenoxy) is 1. The Morgan fingerprint density at radius 2 is 1.96 bits per heavy atom. The fraction of sp³-hybridized carbons (Fsp3) is 0.875. The van der Waals surface area contributed by atoms with E-state index in [0.717, 1.165) is 25.9 Å². The summed E-state index contributed by atoms with van der Waals surface area (Å²) >= 11 is 0. The lowest BCUT2D eigenvalue weighted by molar-refractivity contribution is -0.135. The molecule has 1 rings (SSSR count). The Morgan fingerprint density at radius 1 is 1.23 bits per heavy atom. The van der Waals surface area contributed by atoms with Crippen LogP contribution in [0.5, 0.6) is 0 Å². The molecule has 1 amide bonds. The zero-order valence-corrected chi connectivity index (χ0v) is 17.7. The van der Waals surface area contributed by atoms with Crippen molar-refractivity contribution in [2.45, 2.75) is 50.8 Å². The summed E-state index contributed by atoms with van der Waals surface area (Å²) in [6.45, 7) is 1.65. The van der Waals surface area contributed by atoms with Gasteiger partial charge in [-0.2, -0.15) is 13.2 Å². The summed E-state index contributed by atoms with van der Waals surface area (Å²) in [5.74, 6) is 0.281. The summed E-state index contributed by atoms with van der Waals surface area (Å²) in [5.41, 5.74) is 0. The fourth-order valence-electron chi connectivity index (χ4n) is 2.30. The van der Waals surface area contributed by atoms with Crippen LogP contribution >= 0.6 is 24.0 Å². The maximum absolute atomic E-state index is 12.1. The van der Waals surface area contributed by atoms with Gasteiger partial charge in [-0.3, -0.25) is 4.79 Å². The van der Waals surface area contributed by atoms with Crippen LogP contribution in [0.2, 0.25) is 0 Å². The third kappa shape index (κ3) is 12.6. The molecule has 0 saturated carbocycles. The van der Waals surface area contributed by atoms with Crippen LogP contribution in [0.3, 0.4) is 0 Å². The summed E-state index contributed by atoms with van der Waals surface area (Å²) in [7, 11) is 3.29. The van der Waals surface area contributed by atoms with Gasteiger partial charge in [0.05, 0.1) is 6.10 Å². The monoisotopic (exact) mass is 494 g/mol. The number of nitrogens with one attached hydrogen (secondary N) is 2. The highest BCUT2D eigenvalue weighted by Crippen LogP contribution is 2.21. The van der Waals surface area contributed by atoms with Crippen LogP contribution in [-0.2, 0) is 9.53 Å². The van der Waals surface area contributed by atoms with Crippen LogP contribution in [0.25, 0.3) is 0 Å². The number of guanidine groups is 1. The summed E-state index contributed by atoms with van der Waals surface area (Å²) < 4.78 is 42.0. The molecule has 1 heterocycles. The predicted molar refractivity (Wildman–Crippen MR) is 106 cm³/mol. The summed E-state index contributed by atoms with van der Waals surface area (Å²) in [6, 6.07) is 0. The lowest BCUT2D eigenvalue weighted by Crippen LogP contribution is -2.43. The van der Waals surface area contributed by atoms with Gasteiger partial charge < -0.3 is 20.3 Å². The third-order valence-electron chi connectivity index (χ3n) is 3.82. The van der Waals surface area contributed by atoms with Crippen molar-refractivity contribution in [3.05, 3.63) is 0 Å². The lowest BCUT2D eigenvalue weighted by Gasteiger charge is -2.24. The van der Waals surface area contributed by atoms with Gasteiger partial charge >= 0.3 is 6.18 Å². The molecule has 0 bridgehead atoms. The van der Waals surface area contributed by atoms with E-state index < -0.39 is 12.6 Å². The first-order valence-corrected chi connectivity index (χ1v) is 8.68. The second kappa shape index (κ2) is 13.4. The molecule has 0 aromatic heterocycles. The van der Waals surface area contributed by atoms with Crippen LogP contribution < -0.4 is 10.6 Å². The Balaban J connectivity index is 0.00000625. The maximum Gasteiger partial charge on any atom is 0.389 e. The predicted octanol–water partition coefficient (Wildman–Crippen LogP) is 2.53. The number of halogens is 4. The first kappa shape index (κ1) is 25.2. The highest BCUT2D eigenvalue weighted by molar-refractivity contribution is 14.0. The highest BCUT2D eigenvalue weighted by atomic mass is 127. The highest BCUT2D eigenvalue weighted by Gasteiger charge is 2.25. The van der Waals surface area contributed by atoms with Crippen molar-refractivity contribution in [2.24, 2.45) is 4.99 Å². The number of likely N-dealkylation sites (N-methyl/N-ethyl adjacent to an activating group) is 1. The molecule has 1 aliphatic heterocycles. The van der Waals surface area contributed by atoms with Crippen molar-refractivity contribution < 1.29 is 22.7 Å². The van der Waals surface area contributed by atoms with Gasteiger partial charge in [-0.25, -0.2) is 4.99 Å². The van der Waals surface area contributed by atoms with Crippen LogP contribution in [0.1, 0.15) is 38.5 Å². The topological polar surface area (TPSA) is 66.0 Å². The number of rotatable bonds is 8. The molecular formula is C16H30F3IN4O2. The van der Waals surface area contributed by atoms with E-state index in [0.29, 0.717) is 25.5 Å². The average Bonchev–Trinajstić information content (AvgIpc) is 2.55. The van der Waals surface area contributed by atoms with Gasteiger partial charge in [-0.05, 0) is 32.1 Å². The normalized spacial score (nSPS) is 18.0. The Morgan fingerprint density at radius 3 is 2.54 bits per heavy atom. The van der Waals surface area contributed by atoms with E-state index in [9.17, 15) is 18.0 Å². The molecule has 154 valence electrons. The zero-order valence-electron chi connectivity index (χ0n) is 15.4. The molecule has 1 atom stereocenters. The van der Waals surface area contributed by atoms with E-state index in [2.05, 4.69) is 15.6 Å². The van der Waals surface area contributed by atoms with Gasteiger partial charge in [0.2, 0.25) is 5.91 Å². The van der Waals surface area contributed by atoms with E-state index in [1.54, 1.807) is 14.1 Å². The van der Waals surface area contributed by atoms with E-state index in [-0.39, 0.29) is 49.0 Å². The van der Waals surface area contributed by atoms with E-state index in [4.69, 9.17) is 4.74 Å². The Hall–Kier alpha value is -0.780. The molecular weight excluding hydrogens is 464 g/mol. The number of hydrogen-bond donors (Lipinski definition) is 2. The number of carbonyl (C=O) groups is 1. The zero-order chi connectivity index (χ0) is 18.7. The molecule has 0 radical (unpaired) electrons. The Bertz CT molecular complexity index is 428. The average molecular weight is 494 g/mol. The van der Waals surface area contributed by atoms with Crippen molar-refractivity contribution in [1.82, 2.24) is 15.5 Å². The number of nitrogens with zero attached hydrogens (tertiary/aromatic N) is 2. The SMILES string of the molecule is CN(C)C(=O)CN=C(NCCCCC(F)(F)F)NCC1CCCCO1.I. The molecule has 1 fully saturated rings. The second-order valence-corrected chi connectivity index (χ2v) is 6.32. The van der Waals surface area contributed by atoms with Crippen LogP contribution in [-0.4, -0.2) is 69.4 Å². The number of amides is 1. The summed E-state index contributed by atoms with van der Waals surface area (Å²) in [4.78, 5) is 17.3. The molecule has 10 heteroatoms. The lowest BCUT2D eigenvalue weighted by atomic mass is 10.1. The molecule has 2 N–H and O–H groups in total. The third-order valence-corrected chi connectivity index (χ3v) is 3.82. The molecule has 1 saturated heterocycles. The largest absolute Gasteiger partial charge is 0.389 e. The van der Waals surface area contributed by atoms with Crippen molar-refractivity contribution in [3.63, 3.8) is 0 Å². The van der Waals surface area contributed by atoms with E-state index >= 15 is 0 Å². The molecule has 1 aliphatic rings. The van der Waals surface area contributed by atoms with Gasteiger partial charge in [0, 0.05) is 40.2 Å². The Labute approximate surface area is 170 Å². The van der Waals surface area contributed by atoms with Gasteiger partial charge in [0.25, 0.3) is 0 Å². The first-order valence-electron chi connectivity index (χ1n) is 8.68. The molecule has 0 aromatic carbocycles. The van der Waals surface area contributed by atoms with Crippen LogP contribution in [0, 0.1) is 0 Å². The van der Waals surface area contributed by atoms with Crippen LogP contribution in [0.4, 0.5) is 13.2 Å². The van der Waals surface area contributed by atoms with Gasteiger partial charge in [0.1, 0.15) is 6.54 Å². The number of unbranched alkanes of at least 4 members (excludes halogenated alkanes) is 1. The van der Waals surface area contributed by atoms with Gasteiger partial charge in [-0.1, -0.05) is 0 Å². The number of carbonyl (C=O) groups excluding carboxylic acids is 1. The van der Waals surface area contributed by atoms with Crippen LogP contribution in [0.15, 0.2) is 4.99 Å². The molecule has 1 unspecified atom stereocenters. The second-order valence-electron chi connectivity index (χ2n) is 6.32. The molecule has 26 heavy (non-hydrogen) atoms. The van der Waals surface area contributed by atoms with Crippen molar-refractivity contribution in [2.75, 3.05) is 40.3 Å². The van der Waals surface area contributed by atoms with Crippen molar-refractivity contribution >= 4 is 35.8 Å². The maximum atomic E-state index is 12.1. The minimum Gasteiger partial charge on any atom is -0.376 e. The number of hydrogen-bond acceptors (Lipinski definition) is 3. The summed E-state index contributed by atoms with van der Waals surface area (Å²) in [6.07, 6.45) is -1.24. The standard InChI is InChI=1S/C16H29F3N4O2.HI/c1-23(2)14(24)12-22-15(20-9-5-4-8-16(17,18)19)21-11-13-7-3-6-10-25-13;/h13H,3-12H2,1-2H3,(H2,20,21,22);1H. The van der Waals surface area contributed by atoms with Crippen molar-refractivity contribution in [3.8, 4) is 0 Å². The fourth-order valence-corrected chi connectivity index (χ4v) is 2.30. The molecule has 0 aliphatic carbocycles. The number of aliphatic imine (C=N–C) groups is 1. The van der Waals surface area contributed by atoms with Gasteiger partial charge in [-0.15, -0.1) is 24.0 Å². The summed E-state index contributed by atoms with van der Waals surface area (Å²) in [5, 5.41) is 6.10. The minimum atomic E-state index is -4.12. The molecule has 0 aromatic rings. The minimum absolute atomic E-state index is 0. The quantitative estimate of drug-likeness (QED) is 0.236. The molecule has 0 spiro atoms. The first-order chi connectivity index (χ1) is 11.8. The van der Waals surface area contributed by atoms with E-state index in [1.807, 2.05) is 0 Å². The number of alkyl halides is 3. The molecule has 6 nitrogen and oxygen atoms in total. The smallest absolute Gasteiger partial charge is 0.376 e. The van der Waals surface area contributed by atoms with Crippen molar-refractivity contribution in [1.29, 1.82) is 0 Å². The van der Waals surface area contributed by atoms with E-state index in [1.165, 1.54) is 4.90 Å².